The van der Waals surface area contributed by atoms with Crippen molar-refractivity contribution in [2.45, 2.75) is 45.6 Å². The first-order valence-electron chi connectivity index (χ1n) is 12.2. The number of halogens is 1. The summed E-state index contributed by atoms with van der Waals surface area (Å²) >= 11 is 0. The highest BCUT2D eigenvalue weighted by atomic mass is 19.1. The molecule has 3 aromatic rings. The van der Waals surface area contributed by atoms with Gasteiger partial charge in [0.25, 0.3) is 0 Å². The normalized spacial score (nSPS) is 20.8. The van der Waals surface area contributed by atoms with Crippen LogP contribution in [0.2, 0.25) is 0 Å². The summed E-state index contributed by atoms with van der Waals surface area (Å²) in [6, 6.07) is 16.9. The van der Waals surface area contributed by atoms with Gasteiger partial charge in [0.15, 0.2) is 0 Å². The van der Waals surface area contributed by atoms with Gasteiger partial charge in [0.05, 0.1) is 5.69 Å². The summed E-state index contributed by atoms with van der Waals surface area (Å²) in [7, 11) is 4.09. The molecule has 1 aliphatic rings. The van der Waals surface area contributed by atoms with Crippen LogP contribution in [0.15, 0.2) is 71.7 Å². The molecule has 4 rings (SSSR count). The van der Waals surface area contributed by atoms with Gasteiger partial charge in [0, 0.05) is 18.8 Å². The summed E-state index contributed by atoms with van der Waals surface area (Å²) in [4.78, 5) is 15.1. The number of benzene rings is 2. The Kier molecular flexibility index (Phi) is 7.42. The standard InChI is InChI=1S/C29H34FN3O/c1-5-21-12-15-24(20(2)26(18-21)25-8-6-7-9-27(25)30)29-28(34)16-17-33(31-29)23-13-10-22(11-14-23)19-32(3)4/h6-11,13-17,20-21,26H,5,12,18-19H2,1-4H3. The zero-order valence-corrected chi connectivity index (χ0v) is 20.5. The van der Waals surface area contributed by atoms with Crippen molar-refractivity contribution < 1.29 is 4.39 Å². The third kappa shape index (κ3) is 5.20. The smallest absolute Gasteiger partial charge is 0.207 e. The highest BCUT2D eigenvalue weighted by Crippen LogP contribution is 2.43. The molecule has 34 heavy (non-hydrogen) atoms. The molecule has 0 amide bonds. The van der Waals surface area contributed by atoms with Gasteiger partial charge < -0.3 is 4.90 Å². The maximum Gasteiger partial charge on any atom is 0.207 e. The average Bonchev–Trinajstić information content (AvgIpc) is 2.99. The van der Waals surface area contributed by atoms with Gasteiger partial charge in [-0.1, -0.05) is 56.7 Å². The molecule has 1 heterocycles. The summed E-state index contributed by atoms with van der Waals surface area (Å²) in [6.07, 6.45) is 6.68. The van der Waals surface area contributed by atoms with Crippen LogP contribution in [0.3, 0.4) is 0 Å². The van der Waals surface area contributed by atoms with Crippen molar-refractivity contribution in [3.8, 4) is 5.69 Å². The molecule has 0 spiro atoms. The second kappa shape index (κ2) is 10.5. The van der Waals surface area contributed by atoms with Crippen molar-refractivity contribution in [3.05, 3.63) is 99.7 Å². The number of rotatable bonds is 6. The van der Waals surface area contributed by atoms with E-state index in [0.29, 0.717) is 11.6 Å². The molecule has 3 unspecified atom stereocenters. The number of aromatic nitrogens is 2. The Bertz CT molecular complexity index is 1210. The van der Waals surface area contributed by atoms with Crippen molar-refractivity contribution in [2.24, 2.45) is 11.8 Å². The van der Waals surface area contributed by atoms with Crippen molar-refractivity contribution in [1.82, 2.24) is 14.7 Å². The van der Waals surface area contributed by atoms with Crippen molar-refractivity contribution in [1.29, 1.82) is 0 Å². The van der Waals surface area contributed by atoms with E-state index < -0.39 is 0 Å². The second-order valence-electron chi connectivity index (χ2n) is 9.70. The van der Waals surface area contributed by atoms with Gasteiger partial charge in [-0.3, -0.25) is 4.79 Å². The molecule has 0 radical (unpaired) electrons. The van der Waals surface area contributed by atoms with E-state index in [9.17, 15) is 9.18 Å². The lowest BCUT2D eigenvalue weighted by Crippen LogP contribution is -2.21. The molecule has 1 aliphatic carbocycles. The lowest BCUT2D eigenvalue weighted by atomic mass is 9.78. The zero-order chi connectivity index (χ0) is 24.2. The molecule has 2 aromatic carbocycles. The van der Waals surface area contributed by atoms with E-state index in [-0.39, 0.29) is 23.1 Å². The minimum Gasteiger partial charge on any atom is -0.305 e. The summed E-state index contributed by atoms with van der Waals surface area (Å²) < 4.78 is 16.6. The number of hydrogen-bond acceptors (Lipinski definition) is 3. The Labute approximate surface area is 201 Å². The van der Waals surface area contributed by atoms with E-state index in [1.165, 1.54) is 11.6 Å². The van der Waals surface area contributed by atoms with Crippen LogP contribution in [0.25, 0.3) is 11.3 Å². The van der Waals surface area contributed by atoms with Crippen LogP contribution in [0.1, 0.15) is 55.8 Å². The fourth-order valence-electron chi connectivity index (χ4n) is 5.04. The molecular weight excluding hydrogens is 425 g/mol. The lowest BCUT2D eigenvalue weighted by molar-refractivity contribution is 0.392. The summed E-state index contributed by atoms with van der Waals surface area (Å²) in [6.45, 7) is 5.15. The van der Waals surface area contributed by atoms with Crippen LogP contribution in [0.4, 0.5) is 4.39 Å². The van der Waals surface area contributed by atoms with Crippen molar-refractivity contribution in [3.63, 3.8) is 0 Å². The average molecular weight is 460 g/mol. The van der Waals surface area contributed by atoms with Crippen molar-refractivity contribution >= 4 is 5.57 Å². The van der Waals surface area contributed by atoms with Crippen LogP contribution in [0, 0.1) is 17.7 Å². The molecule has 0 bridgehead atoms. The first-order valence-corrected chi connectivity index (χ1v) is 12.2. The van der Waals surface area contributed by atoms with Gasteiger partial charge in [-0.2, -0.15) is 5.10 Å². The van der Waals surface area contributed by atoms with Gasteiger partial charge >= 0.3 is 0 Å². The predicted octanol–water partition coefficient (Wildman–Crippen LogP) is 6.06. The van der Waals surface area contributed by atoms with E-state index in [2.05, 4.69) is 37.0 Å². The minimum absolute atomic E-state index is 0.0000677. The maximum absolute atomic E-state index is 14.8. The Balaban J connectivity index is 1.73. The molecule has 4 nitrogen and oxygen atoms in total. The Morgan fingerprint density at radius 3 is 2.50 bits per heavy atom. The molecule has 0 saturated carbocycles. The fourth-order valence-corrected chi connectivity index (χ4v) is 5.04. The maximum atomic E-state index is 14.8. The summed E-state index contributed by atoms with van der Waals surface area (Å²) in [5.41, 5.74) is 4.14. The number of allylic oxidation sites excluding steroid dienone is 2. The number of hydrogen-bond donors (Lipinski definition) is 0. The SMILES string of the molecule is CCC1CC=C(c2nn(-c3ccc(CN(C)C)cc3)ccc2=O)C(C)C(c2ccccc2F)C1. The van der Waals surface area contributed by atoms with E-state index >= 15 is 0 Å². The van der Waals surface area contributed by atoms with E-state index in [0.717, 1.165) is 42.6 Å². The molecule has 3 atom stereocenters. The van der Waals surface area contributed by atoms with Crippen LogP contribution in [-0.4, -0.2) is 28.8 Å². The van der Waals surface area contributed by atoms with Gasteiger partial charge in [-0.25, -0.2) is 9.07 Å². The molecule has 178 valence electrons. The Morgan fingerprint density at radius 1 is 1.09 bits per heavy atom. The zero-order valence-electron chi connectivity index (χ0n) is 20.5. The highest BCUT2D eigenvalue weighted by molar-refractivity contribution is 5.65. The Morgan fingerprint density at radius 2 is 1.82 bits per heavy atom. The van der Waals surface area contributed by atoms with E-state index in [1.807, 2.05) is 38.4 Å². The van der Waals surface area contributed by atoms with Gasteiger partial charge in [-0.05, 0) is 79.6 Å². The fraction of sp³-hybridized carbons (Fsp3) is 0.379. The molecule has 0 saturated heterocycles. The van der Waals surface area contributed by atoms with E-state index in [4.69, 9.17) is 5.10 Å². The quantitative estimate of drug-likeness (QED) is 0.450. The third-order valence-corrected chi connectivity index (χ3v) is 7.02. The topological polar surface area (TPSA) is 38.1 Å². The second-order valence-corrected chi connectivity index (χ2v) is 9.70. The van der Waals surface area contributed by atoms with Gasteiger partial charge in [0.2, 0.25) is 5.43 Å². The molecule has 0 N–H and O–H groups in total. The lowest BCUT2D eigenvalue weighted by Gasteiger charge is -2.27. The number of nitrogens with zero attached hydrogens (tertiary/aromatic N) is 3. The Hall–Kier alpha value is -3.05. The van der Waals surface area contributed by atoms with Crippen LogP contribution in [-0.2, 0) is 6.54 Å². The predicted molar refractivity (Wildman–Crippen MR) is 137 cm³/mol. The van der Waals surface area contributed by atoms with Gasteiger partial charge in [0.1, 0.15) is 11.5 Å². The first kappa shape index (κ1) is 24.1. The highest BCUT2D eigenvalue weighted by Gasteiger charge is 2.31. The molecule has 0 fully saturated rings. The van der Waals surface area contributed by atoms with Crippen LogP contribution >= 0.6 is 0 Å². The summed E-state index contributed by atoms with van der Waals surface area (Å²) in [5.74, 6) is 0.249. The monoisotopic (exact) mass is 459 g/mol. The molecule has 1 aromatic heterocycles. The van der Waals surface area contributed by atoms with Crippen LogP contribution < -0.4 is 5.43 Å². The van der Waals surface area contributed by atoms with Crippen LogP contribution in [0.5, 0.6) is 0 Å². The molecular formula is C29H34FN3O. The summed E-state index contributed by atoms with van der Waals surface area (Å²) in [5, 5.41) is 4.78. The van der Waals surface area contributed by atoms with Gasteiger partial charge in [-0.15, -0.1) is 0 Å². The van der Waals surface area contributed by atoms with Crippen molar-refractivity contribution in [2.75, 3.05) is 14.1 Å². The molecule has 5 heteroatoms. The third-order valence-electron chi connectivity index (χ3n) is 7.02. The van der Waals surface area contributed by atoms with E-state index in [1.54, 1.807) is 23.0 Å². The largest absolute Gasteiger partial charge is 0.305 e. The molecule has 0 aliphatic heterocycles. The first-order chi connectivity index (χ1) is 16.4. The minimum atomic E-state index is -0.174.